The predicted molar refractivity (Wildman–Crippen MR) is 82.2 cm³/mol. The smallest absolute Gasteiger partial charge is 0.351 e. The Morgan fingerprint density at radius 3 is 2.38 bits per heavy atom. The first-order valence-corrected chi connectivity index (χ1v) is 6.62. The van der Waals surface area contributed by atoms with Crippen LogP contribution in [-0.4, -0.2) is 11.1 Å². The quantitative estimate of drug-likeness (QED) is 0.794. The van der Waals surface area contributed by atoms with Crippen molar-refractivity contribution >= 4 is 11.7 Å². The molecule has 0 unspecified atom stereocenters. The first-order valence-electron chi connectivity index (χ1n) is 6.62. The maximum atomic E-state index is 10.9. The Bertz CT molecular complexity index is 618. The zero-order valence-corrected chi connectivity index (χ0v) is 11.7. The van der Waals surface area contributed by atoms with Crippen LogP contribution < -0.4 is 10.1 Å². The Morgan fingerprint density at radius 1 is 1.14 bits per heavy atom. The number of carbonyl (C=O) groups is 1. The third-order valence-electron chi connectivity index (χ3n) is 2.90. The van der Waals surface area contributed by atoms with E-state index >= 15 is 0 Å². The van der Waals surface area contributed by atoms with Crippen LogP contribution in [0.15, 0.2) is 66.4 Å². The van der Waals surface area contributed by atoms with Crippen molar-refractivity contribution in [3.05, 3.63) is 71.9 Å². The Morgan fingerprint density at radius 2 is 1.81 bits per heavy atom. The van der Waals surface area contributed by atoms with Crippen LogP contribution in [-0.2, 0) is 11.4 Å². The molecule has 2 N–H and O–H groups in total. The van der Waals surface area contributed by atoms with E-state index < -0.39 is 5.97 Å². The third-order valence-corrected chi connectivity index (χ3v) is 2.90. The first kappa shape index (κ1) is 14.7. The van der Waals surface area contributed by atoms with Crippen molar-refractivity contribution in [2.24, 2.45) is 0 Å². The van der Waals surface area contributed by atoms with Gasteiger partial charge in [0.1, 0.15) is 18.1 Å². The second-order valence-corrected chi connectivity index (χ2v) is 4.43. The van der Waals surface area contributed by atoms with E-state index in [2.05, 4.69) is 5.32 Å². The number of nitrogens with one attached hydrogen (secondary N) is 1. The van der Waals surface area contributed by atoms with Crippen molar-refractivity contribution in [3.8, 4) is 5.75 Å². The molecule has 0 aliphatic rings. The summed E-state index contributed by atoms with van der Waals surface area (Å²) >= 11 is 0. The van der Waals surface area contributed by atoms with Gasteiger partial charge in [0.25, 0.3) is 0 Å². The van der Waals surface area contributed by atoms with E-state index in [1.54, 1.807) is 31.2 Å². The average Bonchev–Trinajstić information content (AvgIpc) is 2.52. The normalized spacial score (nSPS) is 11.0. The van der Waals surface area contributed by atoms with E-state index in [1.165, 1.54) is 6.08 Å². The molecule has 0 saturated carbocycles. The molecule has 4 heteroatoms. The van der Waals surface area contributed by atoms with E-state index in [0.29, 0.717) is 12.3 Å². The van der Waals surface area contributed by atoms with Gasteiger partial charge in [-0.3, -0.25) is 0 Å². The number of rotatable bonds is 6. The highest BCUT2D eigenvalue weighted by Crippen LogP contribution is 2.18. The average molecular weight is 283 g/mol. The van der Waals surface area contributed by atoms with Crippen molar-refractivity contribution in [2.45, 2.75) is 13.5 Å². The summed E-state index contributed by atoms with van der Waals surface area (Å²) in [4.78, 5) is 10.9. The molecule has 0 fully saturated rings. The molecule has 0 heterocycles. The molecule has 0 aliphatic carbocycles. The minimum atomic E-state index is -0.984. The van der Waals surface area contributed by atoms with Crippen molar-refractivity contribution < 1.29 is 14.6 Å². The molecule has 0 radical (unpaired) electrons. The Labute approximate surface area is 123 Å². The lowest BCUT2D eigenvalue weighted by atomic mass is 10.2. The second-order valence-electron chi connectivity index (χ2n) is 4.43. The highest BCUT2D eigenvalue weighted by molar-refractivity contribution is 5.90. The van der Waals surface area contributed by atoms with Crippen LogP contribution in [0.1, 0.15) is 12.5 Å². The van der Waals surface area contributed by atoms with Gasteiger partial charge in [-0.2, -0.15) is 0 Å². The van der Waals surface area contributed by atoms with Crippen molar-refractivity contribution in [1.29, 1.82) is 0 Å². The summed E-state index contributed by atoms with van der Waals surface area (Å²) in [6.07, 6.45) is 1.52. The maximum Gasteiger partial charge on any atom is 0.351 e. The highest BCUT2D eigenvalue weighted by Gasteiger charge is 2.05. The third kappa shape index (κ3) is 4.38. The van der Waals surface area contributed by atoms with E-state index in [9.17, 15) is 4.79 Å². The molecule has 0 amide bonds. The van der Waals surface area contributed by atoms with Gasteiger partial charge in [-0.1, -0.05) is 36.4 Å². The zero-order chi connectivity index (χ0) is 15.1. The Balaban J connectivity index is 1.94. The van der Waals surface area contributed by atoms with Gasteiger partial charge in [-0.05, 0) is 36.8 Å². The fraction of sp³-hybridized carbons (Fsp3) is 0.118. The van der Waals surface area contributed by atoms with Gasteiger partial charge < -0.3 is 15.2 Å². The number of hydrogen-bond donors (Lipinski definition) is 2. The summed E-state index contributed by atoms with van der Waals surface area (Å²) in [5.74, 6) is -0.247. The summed E-state index contributed by atoms with van der Waals surface area (Å²) < 4.78 is 5.67. The SMILES string of the molecule is C/C=C(\Nc1ccc(OCc2ccccc2)cc1)C(=O)O. The molecule has 4 nitrogen and oxygen atoms in total. The molecule has 2 rings (SSSR count). The summed E-state index contributed by atoms with van der Waals surface area (Å²) in [6, 6.07) is 17.1. The van der Waals surface area contributed by atoms with Gasteiger partial charge in [0, 0.05) is 5.69 Å². The van der Waals surface area contributed by atoms with Crippen molar-refractivity contribution in [2.75, 3.05) is 5.32 Å². The molecule has 108 valence electrons. The summed E-state index contributed by atoms with van der Waals surface area (Å²) in [6.45, 7) is 2.18. The first-order chi connectivity index (χ1) is 10.2. The van der Waals surface area contributed by atoms with Crippen LogP contribution in [0, 0.1) is 0 Å². The van der Waals surface area contributed by atoms with E-state index in [-0.39, 0.29) is 5.70 Å². The van der Waals surface area contributed by atoms with Crippen LogP contribution in [0.25, 0.3) is 0 Å². The maximum absolute atomic E-state index is 10.9. The zero-order valence-electron chi connectivity index (χ0n) is 11.7. The summed E-state index contributed by atoms with van der Waals surface area (Å²) in [5.41, 5.74) is 1.95. The van der Waals surface area contributed by atoms with Crippen molar-refractivity contribution in [3.63, 3.8) is 0 Å². The fourth-order valence-corrected chi connectivity index (χ4v) is 1.78. The van der Waals surface area contributed by atoms with Crippen molar-refractivity contribution in [1.82, 2.24) is 0 Å². The van der Waals surface area contributed by atoms with Crippen LogP contribution in [0.5, 0.6) is 5.75 Å². The molecule has 21 heavy (non-hydrogen) atoms. The fourth-order valence-electron chi connectivity index (χ4n) is 1.78. The summed E-state index contributed by atoms with van der Waals surface area (Å²) in [7, 11) is 0. The molecular formula is C17H17NO3. The number of benzene rings is 2. The lowest BCUT2D eigenvalue weighted by Crippen LogP contribution is -2.09. The van der Waals surface area contributed by atoms with Gasteiger partial charge >= 0.3 is 5.97 Å². The number of anilines is 1. The van der Waals surface area contributed by atoms with Crippen LogP contribution in [0.2, 0.25) is 0 Å². The lowest BCUT2D eigenvalue weighted by molar-refractivity contribution is -0.132. The van der Waals surface area contributed by atoms with Crippen LogP contribution in [0.4, 0.5) is 5.69 Å². The molecule has 0 bridgehead atoms. The summed E-state index contributed by atoms with van der Waals surface area (Å²) in [5, 5.41) is 11.8. The number of carboxylic acid groups (broad SMARTS) is 1. The molecule has 0 atom stereocenters. The second kappa shape index (κ2) is 7.14. The van der Waals surface area contributed by atoms with Gasteiger partial charge in [-0.25, -0.2) is 4.79 Å². The predicted octanol–water partition coefficient (Wildman–Crippen LogP) is 3.67. The number of ether oxygens (including phenoxy) is 1. The molecule has 0 saturated heterocycles. The molecule has 2 aromatic rings. The minimum Gasteiger partial charge on any atom is -0.489 e. The molecule has 2 aromatic carbocycles. The topological polar surface area (TPSA) is 58.6 Å². The standard InChI is InChI=1S/C17H17NO3/c1-2-16(17(19)20)18-14-8-10-15(11-9-14)21-12-13-6-4-3-5-7-13/h2-11,18H,12H2,1H3,(H,19,20)/b16-2-. The molecule has 0 spiro atoms. The monoisotopic (exact) mass is 283 g/mol. The number of carboxylic acids is 1. The Hall–Kier alpha value is -2.75. The van der Waals surface area contributed by atoms with E-state index in [1.807, 2.05) is 30.3 Å². The van der Waals surface area contributed by atoms with Gasteiger partial charge in [0.2, 0.25) is 0 Å². The highest BCUT2D eigenvalue weighted by atomic mass is 16.5. The molecule has 0 aromatic heterocycles. The number of allylic oxidation sites excluding steroid dienone is 1. The Kier molecular flexibility index (Phi) is 4.99. The molecular weight excluding hydrogens is 266 g/mol. The van der Waals surface area contributed by atoms with Crippen LogP contribution >= 0.6 is 0 Å². The largest absolute Gasteiger partial charge is 0.489 e. The minimum absolute atomic E-state index is 0.146. The number of aliphatic carboxylic acids is 1. The lowest BCUT2D eigenvalue weighted by Gasteiger charge is -2.09. The van der Waals surface area contributed by atoms with E-state index in [0.717, 1.165) is 11.3 Å². The van der Waals surface area contributed by atoms with Crippen LogP contribution in [0.3, 0.4) is 0 Å². The number of hydrogen-bond acceptors (Lipinski definition) is 3. The molecule has 0 aliphatic heterocycles. The van der Waals surface area contributed by atoms with Gasteiger partial charge in [0.15, 0.2) is 0 Å². The van der Waals surface area contributed by atoms with Gasteiger partial charge in [0.05, 0.1) is 0 Å². The van der Waals surface area contributed by atoms with Gasteiger partial charge in [-0.15, -0.1) is 0 Å². The van der Waals surface area contributed by atoms with E-state index in [4.69, 9.17) is 9.84 Å².